The molecule has 1 amide bonds. The quantitative estimate of drug-likeness (QED) is 0.366. The minimum absolute atomic E-state index is 0.269. The van der Waals surface area contributed by atoms with E-state index in [0.29, 0.717) is 24.1 Å². The number of anilines is 1. The molecule has 0 aliphatic carbocycles. The molecule has 1 aromatic heterocycles. The van der Waals surface area contributed by atoms with Crippen molar-refractivity contribution in [1.82, 2.24) is 9.88 Å². The van der Waals surface area contributed by atoms with Crippen LogP contribution in [0, 0.1) is 0 Å². The highest BCUT2D eigenvalue weighted by Crippen LogP contribution is 2.41. The van der Waals surface area contributed by atoms with E-state index in [-0.39, 0.29) is 6.54 Å². The Morgan fingerprint density at radius 2 is 1.46 bits per heavy atom. The minimum atomic E-state index is -5.08. The Labute approximate surface area is 204 Å². The van der Waals surface area contributed by atoms with E-state index in [1.54, 1.807) is 12.3 Å². The van der Waals surface area contributed by atoms with Crippen LogP contribution >= 0.6 is 0 Å². The zero-order valence-corrected chi connectivity index (χ0v) is 18.6. The zero-order valence-electron chi connectivity index (χ0n) is 18.6. The van der Waals surface area contributed by atoms with Crippen LogP contribution in [0.15, 0.2) is 48.8 Å². The molecule has 1 fully saturated rings. The van der Waals surface area contributed by atoms with Gasteiger partial charge in [-0.25, -0.2) is 14.4 Å². The van der Waals surface area contributed by atoms with Crippen molar-refractivity contribution in [2.24, 2.45) is 0 Å². The van der Waals surface area contributed by atoms with Gasteiger partial charge < -0.3 is 31.1 Å². The molecule has 0 saturated carbocycles. The molecule has 0 radical (unpaired) electrons. The number of aliphatic carboxylic acids is 2. The van der Waals surface area contributed by atoms with Gasteiger partial charge in [0, 0.05) is 24.7 Å². The number of hydrogen-bond donors (Lipinski definition) is 5. The van der Waals surface area contributed by atoms with E-state index < -0.39 is 42.0 Å². The second-order valence-corrected chi connectivity index (χ2v) is 7.42. The molecule has 0 spiro atoms. The van der Waals surface area contributed by atoms with Crippen molar-refractivity contribution in [3.8, 4) is 0 Å². The molecule has 0 bridgehead atoms. The van der Waals surface area contributed by atoms with Crippen molar-refractivity contribution in [2.75, 3.05) is 12.3 Å². The van der Waals surface area contributed by atoms with E-state index in [4.69, 9.17) is 25.5 Å². The number of amides is 1. The van der Waals surface area contributed by atoms with Gasteiger partial charge in [-0.1, -0.05) is 30.3 Å². The van der Waals surface area contributed by atoms with Crippen molar-refractivity contribution < 1.29 is 61.2 Å². The maximum Gasteiger partial charge on any atom is 0.490 e. The lowest BCUT2D eigenvalue weighted by Gasteiger charge is -2.34. The summed E-state index contributed by atoms with van der Waals surface area (Å²) < 4.78 is 63.5. The molecule has 16 heteroatoms. The summed E-state index contributed by atoms with van der Waals surface area (Å²) in [5.74, 6) is -5.51. The zero-order chi connectivity index (χ0) is 28.6. The van der Waals surface area contributed by atoms with Crippen LogP contribution < -0.4 is 5.73 Å². The number of rotatable bonds is 3. The van der Waals surface area contributed by atoms with Crippen molar-refractivity contribution in [3.05, 3.63) is 59.9 Å². The number of aromatic nitrogens is 1. The highest BCUT2D eigenvalue weighted by atomic mass is 19.4. The maximum absolute atomic E-state index is 11.6. The van der Waals surface area contributed by atoms with Crippen LogP contribution in [0.5, 0.6) is 0 Å². The highest BCUT2D eigenvalue weighted by molar-refractivity contribution is 5.73. The van der Waals surface area contributed by atoms with Crippen molar-refractivity contribution in [3.63, 3.8) is 0 Å². The standard InChI is InChI=1S/C17H19N3O3.2C2HF3O2/c18-14-11-19-8-6-13(14)17(23)7-9-20(16(21)22)15(17)10-12-4-2-1-3-5-12;2*3-2(4,5)1(6)7/h1-6,8,11,15,23H,7,9-10,18H2,(H,21,22);2*(H,6,7). The number of nitrogens with two attached hydrogens (primary N) is 1. The topological polar surface area (TPSA) is 174 Å². The molecule has 2 aromatic rings. The Morgan fingerprint density at radius 3 is 1.86 bits per heavy atom. The van der Waals surface area contributed by atoms with Crippen LogP contribution in [0.2, 0.25) is 0 Å². The Morgan fingerprint density at radius 1 is 0.973 bits per heavy atom. The fourth-order valence-corrected chi connectivity index (χ4v) is 3.33. The average molecular weight is 541 g/mol. The van der Waals surface area contributed by atoms with E-state index in [2.05, 4.69) is 4.98 Å². The van der Waals surface area contributed by atoms with Crippen LogP contribution in [0.3, 0.4) is 0 Å². The first kappa shape index (κ1) is 31.0. The molecule has 1 saturated heterocycles. The van der Waals surface area contributed by atoms with Crippen LogP contribution in [-0.2, 0) is 21.6 Å². The lowest BCUT2D eigenvalue weighted by molar-refractivity contribution is -0.193. The number of benzene rings is 1. The number of carbonyl (C=O) groups is 3. The van der Waals surface area contributed by atoms with Gasteiger partial charge in [-0.2, -0.15) is 26.3 Å². The Bertz CT molecular complexity index is 1060. The van der Waals surface area contributed by atoms with Crippen LogP contribution in [-0.4, -0.2) is 73.3 Å². The van der Waals surface area contributed by atoms with Gasteiger partial charge in [0.15, 0.2) is 0 Å². The van der Waals surface area contributed by atoms with Crippen molar-refractivity contribution in [1.29, 1.82) is 0 Å². The van der Waals surface area contributed by atoms with Crippen LogP contribution in [0.25, 0.3) is 0 Å². The first-order chi connectivity index (χ1) is 16.9. The number of halogens is 6. The second-order valence-electron chi connectivity index (χ2n) is 7.42. The number of carboxylic acid groups (broad SMARTS) is 3. The monoisotopic (exact) mass is 541 g/mol. The summed E-state index contributed by atoms with van der Waals surface area (Å²) in [6, 6.07) is 10.6. The summed E-state index contributed by atoms with van der Waals surface area (Å²) in [6.07, 6.45) is -7.42. The second kappa shape index (κ2) is 12.2. The van der Waals surface area contributed by atoms with Gasteiger partial charge in [-0.3, -0.25) is 4.98 Å². The number of nitrogen functional groups attached to an aromatic ring is 1. The molecule has 10 nitrogen and oxygen atoms in total. The third-order valence-electron chi connectivity index (χ3n) is 4.98. The molecule has 3 rings (SSSR count). The minimum Gasteiger partial charge on any atom is -0.475 e. The fraction of sp³-hybridized carbons (Fsp3) is 0.333. The molecule has 2 atom stereocenters. The molecule has 204 valence electrons. The molecular weight excluding hydrogens is 520 g/mol. The number of aliphatic hydroxyl groups is 1. The molecule has 1 aliphatic heterocycles. The molecule has 2 unspecified atom stereocenters. The predicted octanol–water partition coefficient (Wildman–Crippen LogP) is 3.11. The highest BCUT2D eigenvalue weighted by Gasteiger charge is 2.50. The van der Waals surface area contributed by atoms with E-state index >= 15 is 0 Å². The van der Waals surface area contributed by atoms with E-state index in [0.717, 1.165) is 5.56 Å². The molecule has 6 N–H and O–H groups in total. The summed E-state index contributed by atoms with van der Waals surface area (Å²) in [5, 5.41) is 35.0. The SMILES string of the molecule is Nc1cnccc1C1(O)CCN(C(=O)O)C1Cc1ccccc1.O=C(O)C(F)(F)F.O=C(O)C(F)(F)F. The summed E-state index contributed by atoms with van der Waals surface area (Å²) in [7, 11) is 0. The van der Waals surface area contributed by atoms with Gasteiger partial charge in [-0.15, -0.1) is 0 Å². The molecular formula is C21H21F6N3O7. The van der Waals surface area contributed by atoms with E-state index in [1.807, 2.05) is 30.3 Å². The summed E-state index contributed by atoms with van der Waals surface area (Å²) in [4.78, 5) is 34.6. The number of likely N-dealkylation sites (tertiary alicyclic amines) is 1. The predicted molar refractivity (Wildman–Crippen MR) is 113 cm³/mol. The third kappa shape index (κ3) is 8.82. The molecule has 1 aliphatic rings. The summed E-state index contributed by atoms with van der Waals surface area (Å²) in [6.45, 7) is 0.269. The number of carboxylic acids is 2. The largest absolute Gasteiger partial charge is 0.490 e. The Balaban J connectivity index is 0.000000404. The lowest BCUT2D eigenvalue weighted by Crippen LogP contribution is -2.46. The summed E-state index contributed by atoms with van der Waals surface area (Å²) in [5.41, 5.74) is 6.54. The van der Waals surface area contributed by atoms with Crippen molar-refractivity contribution in [2.45, 2.75) is 36.8 Å². The molecule has 2 heterocycles. The average Bonchev–Trinajstić information content (AvgIpc) is 3.11. The molecule has 1 aromatic carbocycles. The van der Waals surface area contributed by atoms with Gasteiger partial charge in [0.1, 0.15) is 5.60 Å². The smallest absolute Gasteiger partial charge is 0.475 e. The van der Waals surface area contributed by atoms with Gasteiger partial charge in [-0.05, 0) is 18.1 Å². The number of alkyl halides is 6. The first-order valence-electron chi connectivity index (χ1n) is 9.97. The Hall–Kier alpha value is -4.08. The van der Waals surface area contributed by atoms with E-state index in [1.165, 1.54) is 11.1 Å². The number of pyridine rings is 1. The normalized spacial score (nSPS) is 19.1. The van der Waals surface area contributed by atoms with Gasteiger partial charge in [0.2, 0.25) is 0 Å². The van der Waals surface area contributed by atoms with Gasteiger partial charge >= 0.3 is 30.4 Å². The lowest BCUT2D eigenvalue weighted by atomic mass is 9.83. The number of nitrogens with zero attached hydrogens (tertiary/aromatic N) is 2. The summed E-state index contributed by atoms with van der Waals surface area (Å²) >= 11 is 0. The number of hydrogen-bond acceptors (Lipinski definition) is 6. The van der Waals surface area contributed by atoms with Crippen LogP contribution in [0.4, 0.5) is 36.8 Å². The Kier molecular flexibility index (Phi) is 10.2. The molecule has 37 heavy (non-hydrogen) atoms. The van der Waals surface area contributed by atoms with Gasteiger partial charge in [0.25, 0.3) is 0 Å². The van der Waals surface area contributed by atoms with E-state index in [9.17, 15) is 41.4 Å². The van der Waals surface area contributed by atoms with Gasteiger partial charge in [0.05, 0.1) is 17.9 Å². The first-order valence-corrected chi connectivity index (χ1v) is 9.97. The van der Waals surface area contributed by atoms with Crippen LogP contribution in [0.1, 0.15) is 17.5 Å². The van der Waals surface area contributed by atoms with Crippen molar-refractivity contribution >= 4 is 23.7 Å². The third-order valence-corrected chi connectivity index (χ3v) is 4.98. The fourth-order valence-electron chi connectivity index (χ4n) is 3.33. The maximum atomic E-state index is 11.6.